The number of nitrogens with zero attached hydrogens (tertiary/aromatic N) is 2. The van der Waals surface area contributed by atoms with E-state index in [9.17, 15) is 22.4 Å². The van der Waals surface area contributed by atoms with Crippen molar-refractivity contribution in [1.82, 2.24) is 10.3 Å². The standard InChI is InChI=1S/C22H25F4N3O2/c1-15(20-9-8-19(13-27-20)31-14-22(24,25)26)28-21(30)11-16-4-6-17(7-5-16)29-10-2-3-18(29)12-23/h4-9,13,15,18H,2-3,10-12,14H2,1H3,(H,28,30)/t15-,18-/m1/s1. The Bertz CT molecular complexity index is 857. The van der Waals surface area contributed by atoms with E-state index in [1.54, 1.807) is 6.92 Å². The normalized spacial score (nSPS) is 17.5. The molecule has 1 aliphatic heterocycles. The van der Waals surface area contributed by atoms with Crippen molar-refractivity contribution in [3.8, 4) is 5.75 Å². The summed E-state index contributed by atoms with van der Waals surface area (Å²) in [6.45, 7) is 0.819. The molecule has 1 fully saturated rings. The molecule has 9 heteroatoms. The molecule has 0 aliphatic carbocycles. The van der Waals surface area contributed by atoms with Crippen LogP contribution in [-0.2, 0) is 11.2 Å². The summed E-state index contributed by atoms with van der Waals surface area (Å²) in [7, 11) is 0. The lowest BCUT2D eigenvalue weighted by molar-refractivity contribution is -0.153. The highest BCUT2D eigenvalue weighted by Crippen LogP contribution is 2.26. The lowest BCUT2D eigenvalue weighted by Crippen LogP contribution is -2.30. The summed E-state index contributed by atoms with van der Waals surface area (Å²) < 4.78 is 54.3. The molecule has 1 aliphatic rings. The predicted molar refractivity (Wildman–Crippen MR) is 109 cm³/mol. The molecular formula is C22H25F4N3O2. The summed E-state index contributed by atoms with van der Waals surface area (Å²) in [5.74, 6) is -0.199. The zero-order valence-electron chi connectivity index (χ0n) is 17.2. The largest absolute Gasteiger partial charge is 0.483 e. The van der Waals surface area contributed by atoms with Crippen LogP contribution in [0.5, 0.6) is 5.75 Å². The Labute approximate surface area is 178 Å². The van der Waals surface area contributed by atoms with Crippen LogP contribution < -0.4 is 15.0 Å². The van der Waals surface area contributed by atoms with Crippen LogP contribution in [0.25, 0.3) is 0 Å². The molecule has 2 heterocycles. The number of hydrogen-bond donors (Lipinski definition) is 1. The molecule has 1 saturated heterocycles. The van der Waals surface area contributed by atoms with Gasteiger partial charge in [0, 0.05) is 12.2 Å². The molecule has 2 aromatic rings. The molecule has 31 heavy (non-hydrogen) atoms. The molecule has 1 amide bonds. The van der Waals surface area contributed by atoms with Gasteiger partial charge in [-0.25, -0.2) is 4.39 Å². The highest BCUT2D eigenvalue weighted by molar-refractivity contribution is 5.79. The van der Waals surface area contributed by atoms with Crippen molar-refractivity contribution in [1.29, 1.82) is 0 Å². The van der Waals surface area contributed by atoms with E-state index < -0.39 is 18.8 Å². The summed E-state index contributed by atoms with van der Waals surface area (Å²) in [6.07, 6.45) is -1.22. The quantitative estimate of drug-likeness (QED) is 0.621. The molecule has 1 N–H and O–H groups in total. The van der Waals surface area contributed by atoms with E-state index in [2.05, 4.69) is 19.9 Å². The molecule has 0 bridgehead atoms. The number of anilines is 1. The summed E-state index contributed by atoms with van der Waals surface area (Å²) in [6, 6.07) is 9.94. The molecule has 1 aromatic heterocycles. The van der Waals surface area contributed by atoms with Crippen molar-refractivity contribution in [2.45, 2.75) is 44.4 Å². The number of amides is 1. The monoisotopic (exact) mass is 439 g/mol. The Morgan fingerprint density at radius 1 is 1.26 bits per heavy atom. The average Bonchev–Trinajstić information content (AvgIpc) is 3.21. The van der Waals surface area contributed by atoms with Gasteiger partial charge in [0.1, 0.15) is 12.4 Å². The fourth-order valence-electron chi connectivity index (χ4n) is 3.59. The third-order valence-electron chi connectivity index (χ3n) is 5.17. The predicted octanol–water partition coefficient (Wildman–Crippen LogP) is 4.38. The Morgan fingerprint density at radius 3 is 2.61 bits per heavy atom. The third-order valence-corrected chi connectivity index (χ3v) is 5.17. The van der Waals surface area contributed by atoms with Crippen LogP contribution in [0.15, 0.2) is 42.6 Å². The number of benzene rings is 1. The number of aromatic nitrogens is 1. The summed E-state index contributed by atoms with van der Waals surface area (Å²) in [5.41, 5.74) is 2.29. The minimum absolute atomic E-state index is 0.00712. The van der Waals surface area contributed by atoms with Crippen LogP contribution in [0.2, 0.25) is 0 Å². The van der Waals surface area contributed by atoms with Gasteiger partial charge in [0.2, 0.25) is 5.91 Å². The lowest BCUT2D eigenvalue weighted by atomic mass is 10.1. The zero-order chi connectivity index (χ0) is 22.4. The van der Waals surface area contributed by atoms with Crippen molar-refractivity contribution in [2.75, 3.05) is 24.7 Å². The average molecular weight is 439 g/mol. The Kier molecular flexibility index (Phi) is 7.35. The van der Waals surface area contributed by atoms with Crippen LogP contribution in [0.4, 0.5) is 23.2 Å². The second kappa shape index (κ2) is 9.98. The Morgan fingerprint density at radius 2 is 2.00 bits per heavy atom. The molecule has 5 nitrogen and oxygen atoms in total. The van der Waals surface area contributed by atoms with Gasteiger partial charge in [0.25, 0.3) is 0 Å². The molecule has 2 atom stereocenters. The molecule has 1 aromatic carbocycles. The van der Waals surface area contributed by atoms with Crippen molar-refractivity contribution in [3.63, 3.8) is 0 Å². The van der Waals surface area contributed by atoms with Gasteiger partial charge in [-0.3, -0.25) is 9.78 Å². The fraction of sp³-hybridized carbons (Fsp3) is 0.455. The maximum absolute atomic E-state index is 13.1. The van der Waals surface area contributed by atoms with E-state index in [4.69, 9.17) is 0 Å². The van der Waals surface area contributed by atoms with Crippen molar-refractivity contribution < 1.29 is 27.1 Å². The number of hydrogen-bond acceptors (Lipinski definition) is 4. The van der Waals surface area contributed by atoms with Gasteiger partial charge in [-0.2, -0.15) is 13.2 Å². The van der Waals surface area contributed by atoms with Crippen LogP contribution in [0, 0.1) is 0 Å². The van der Waals surface area contributed by atoms with Crippen molar-refractivity contribution in [2.24, 2.45) is 0 Å². The summed E-state index contributed by atoms with van der Waals surface area (Å²) in [5, 5.41) is 2.82. The Balaban J connectivity index is 1.51. The van der Waals surface area contributed by atoms with E-state index in [1.807, 2.05) is 24.3 Å². The molecule has 0 saturated carbocycles. The molecular weight excluding hydrogens is 414 g/mol. The maximum Gasteiger partial charge on any atom is 0.422 e. The van der Waals surface area contributed by atoms with Gasteiger partial charge in [0.15, 0.2) is 6.61 Å². The lowest BCUT2D eigenvalue weighted by Gasteiger charge is -2.24. The fourth-order valence-corrected chi connectivity index (χ4v) is 3.59. The third kappa shape index (κ3) is 6.57. The number of ether oxygens (including phenoxy) is 1. The molecule has 0 spiro atoms. The highest BCUT2D eigenvalue weighted by Gasteiger charge is 2.28. The number of nitrogens with one attached hydrogen (secondary N) is 1. The number of carbonyl (C=O) groups is 1. The molecule has 0 radical (unpaired) electrons. The van der Waals surface area contributed by atoms with E-state index in [0.717, 1.165) is 30.6 Å². The maximum atomic E-state index is 13.1. The van der Waals surface area contributed by atoms with Crippen LogP contribution in [-0.4, -0.2) is 42.9 Å². The number of alkyl halides is 4. The first kappa shape index (κ1) is 22.8. The van der Waals surface area contributed by atoms with Gasteiger partial charge in [0.05, 0.1) is 30.4 Å². The molecule has 3 rings (SSSR count). The first-order valence-corrected chi connectivity index (χ1v) is 10.1. The van der Waals surface area contributed by atoms with E-state index in [1.165, 1.54) is 18.3 Å². The number of halogens is 4. The molecule has 0 unspecified atom stereocenters. The minimum Gasteiger partial charge on any atom is -0.483 e. The van der Waals surface area contributed by atoms with Crippen molar-refractivity contribution in [3.05, 3.63) is 53.9 Å². The van der Waals surface area contributed by atoms with E-state index in [0.29, 0.717) is 5.69 Å². The summed E-state index contributed by atoms with van der Waals surface area (Å²) in [4.78, 5) is 18.5. The minimum atomic E-state index is -4.42. The van der Waals surface area contributed by atoms with Gasteiger partial charge in [-0.1, -0.05) is 12.1 Å². The van der Waals surface area contributed by atoms with Gasteiger partial charge >= 0.3 is 6.18 Å². The van der Waals surface area contributed by atoms with Crippen LogP contribution in [0.3, 0.4) is 0 Å². The van der Waals surface area contributed by atoms with Crippen molar-refractivity contribution >= 4 is 11.6 Å². The summed E-state index contributed by atoms with van der Waals surface area (Å²) >= 11 is 0. The van der Waals surface area contributed by atoms with E-state index in [-0.39, 0.29) is 30.8 Å². The number of pyridine rings is 1. The van der Waals surface area contributed by atoms with Gasteiger partial charge in [-0.05, 0) is 49.6 Å². The number of rotatable bonds is 8. The first-order chi connectivity index (χ1) is 14.7. The first-order valence-electron chi connectivity index (χ1n) is 10.1. The molecule has 168 valence electrons. The van der Waals surface area contributed by atoms with Crippen LogP contribution in [0.1, 0.15) is 37.1 Å². The van der Waals surface area contributed by atoms with Gasteiger partial charge in [-0.15, -0.1) is 0 Å². The van der Waals surface area contributed by atoms with Gasteiger partial charge < -0.3 is 15.0 Å². The van der Waals surface area contributed by atoms with Crippen LogP contribution >= 0.6 is 0 Å². The second-order valence-corrected chi connectivity index (χ2v) is 7.60. The number of carbonyl (C=O) groups excluding carboxylic acids is 1. The zero-order valence-corrected chi connectivity index (χ0v) is 17.2. The van der Waals surface area contributed by atoms with E-state index >= 15 is 0 Å². The SMILES string of the molecule is C[C@@H](NC(=O)Cc1ccc(N2CCC[C@@H]2CF)cc1)c1ccc(OCC(F)(F)F)cn1. The smallest absolute Gasteiger partial charge is 0.422 e. The topological polar surface area (TPSA) is 54.5 Å². The second-order valence-electron chi connectivity index (χ2n) is 7.60. The Hall–Kier alpha value is -2.84. The highest BCUT2D eigenvalue weighted by atomic mass is 19.4.